The molecule has 0 unspecified atom stereocenters. The number of alkyl halides is 3. The number of anilines is 2. The van der Waals surface area contributed by atoms with Crippen LogP contribution >= 0.6 is 0 Å². The second-order valence-electron chi connectivity index (χ2n) is 7.49. The Morgan fingerprint density at radius 2 is 1.59 bits per heavy atom. The van der Waals surface area contributed by atoms with Gasteiger partial charge in [-0.15, -0.1) is 0 Å². The third-order valence-electron chi connectivity index (χ3n) is 5.27. The lowest BCUT2D eigenvalue weighted by Crippen LogP contribution is -2.33. The van der Waals surface area contributed by atoms with E-state index in [0.717, 1.165) is 17.0 Å². The highest BCUT2D eigenvalue weighted by Gasteiger charge is 2.41. The van der Waals surface area contributed by atoms with Crippen molar-refractivity contribution in [3.8, 4) is 0 Å². The van der Waals surface area contributed by atoms with E-state index in [2.05, 4.69) is 5.32 Å². The smallest absolute Gasteiger partial charge is 0.350 e. The van der Waals surface area contributed by atoms with E-state index in [9.17, 15) is 32.9 Å². The number of nitrogens with zero attached hydrogens (tertiary/aromatic N) is 2. The molecule has 0 aromatic heterocycles. The maximum absolute atomic E-state index is 13.4. The Morgan fingerprint density at radius 3 is 2.21 bits per heavy atom. The first kappa shape index (κ1) is 22.7. The second-order valence-corrected chi connectivity index (χ2v) is 7.49. The van der Waals surface area contributed by atoms with Crippen molar-refractivity contribution >= 4 is 34.4 Å². The number of carbonyl (C=O) groups excluding carboxylic acids is 2. The number of hydrogen-bond donors (Lipinski definition) is 1. The third kappa shape index (κ3) is 4.13. The highest BCUT2D eigenvalue weighted by atomic mass is 19.4. The van der Waals surface area contributed by atoms with Gasteiger partial charge in [0.15, 0.2) is 0 Å². The zero-order chi connectivity index (χ0) is 24.6. The molecule has 7 nitrogen and oxygen atoms in total. The second kappa shape index (κ2) is 8.47. The molecule has 1 heterocycles. The van der Waals surface area contributed by atoms with Crippen LogP contribution in [0.2, 0.25) is 0 Å². The average Bonchev–Trinajstić information content (AvgIpc) is 3.03. The van der Waals surface area contributed by atoms with Crippen molar-refractivity contribution in [3.63, 3.8) is 0 Å². The number of carbonyl (C=O) groups is 2. The summed E-state index contributed by atoms with van der Waals surface area (Å²) in [7, 11) is 0. The minimum absolute atomic E-state index is 0.0444. The fourth-order valence-electron chi connectivity index (χ4n) is 3.61. The van der Waals surface area contributed by atoms with Crippen LogP contribution in [0.25, 0.3) is 5.57 Å². The highest BCUT2D eigenvalue weighted by Crippen LogP contribution is 2.36. The summed E-state index contributed by atoms with van der Waals surface area (Å²) in [6.45, 7) is 1.71. The first-order valence-electron chi connectivity index (χ1n) is 9.95. The molecular formula is C24H16F3N3O4. The van der Waals surface area contributed by atoms with E-state index in [4.69, 9.17) is 0 Å². The molecule has 3 aromatic carbocycles. The molecule has 3 aromatic rings. The van der Waals surface area contributed by atoms with Gasteiger partial charge in [0.25, 0.3) is 17.5 Å². The molecule has 0 bridgehead atoms. The molecule has 10 heteroatoms. The monoisotopic (exact) mass is 467 g/mol. The number of aryl methyl sites for hydroxylation is 1. The van der Waals surface area contributed by atoms with E-state index in [1.54, 1.807) is 31.2 Å². The third-order valence-corrected chi connectivity index (χ3v) is 5.27. The molecule has 0 spiro atoms. The maximum Gasteiger partial charge on any atom is 0.416 e. The molecule has 0 radical (unpaired) electrons. The Balaban J connectivity index is 1.84. The number of hydrogen-bond acceptors (Lipinski definition) is 5. The van der Waals surface area contributed by atoms with Crippen molar-refractivity contribution in [2.45, 2.75) is 13.1 Å². The number of rotatable bonds is 5. The van der Waals surface area contributed by atoms with Gasteiger partial charge in [0, 0.05) is 17.8 Å². The van der Waals surface area contributed by atoms with Gasteiger partial charge in [-0.3, -0.25) is 19.7 Å². The number of halogens is 3. The summed E-state index contributed by atoms with van der Waals surface area (Å²) < 4.78 is 39.5. The van der Waals surface area contributed by atoms with Crippen molar-refractivity contribution in [2.24, 2.45) is 0 Å². The van der Waals surface area contributed by atoms with Crippen LogP contribution in [-0.2, 0) is 15.8 Å². The lowest BCUT2D eigenvalue weighted by atomic mass is 10.0. The van der Waals surface area contributed by atoms with Crippen molar-refractivity contribution in [3.05, 3.63) is 105 Å². The molecule has 1 N–H and O–H groups in total. The molecule has 0 aliphatic carbocycles. The quantitative estimate of drug-likeness (QED) is 0.312. The summed E-state index contributed by atoms with van der Waals surface area (Å²) in [6, 6.07) is 15.9. The predicted molar refractivity (Wildman–Crippen MR) is 119 cm³/mol. The fourth-order valence-corrected chi connectivity index (χ4v) is 3.61. The van der Waals surface area contributed by atoms with Gasteiger partial charge in [0.2, 0.25) is 0 Å². The molecule has 1 aliphatic rings. The minimum Gasteiger partial charge on any atom is -0.350 e. The number of nitro benzene ring substituents is 1. The number of para-hydroxylation sites is 1. The molecule has 34 heavy (non-hydrogen) atoms. The Kier molecular flexibility index (Phi) is 5.66. The summed E-state index contributed by atoms with van der Waals surface area (Å²) in [6.07, 6.45) is -4.60. The number of amides is 2. The van der Waals surface area contributed by atoms with Gasteiger partial charge in [0.1, 0.15) is 5.70 Å². The fraction of sp³-hybridized carbons (Fsp3) is 0.0833. The van der Waals surface area contributed by atoms with E-state index in [1.165, 1.54) is 36.4 Å². The van der Waals surface area contributed by atoms with Gasteiger partial charge >= 0.3 is 6.18 Å². The Morgan fingerprint density at radius 1 is 0.912 bits per heavy atom. The van der Waals surface area contributed by atoms with Gasteiger partial charge in [-0.2, -0.15) is 13.2 Å². The van der Waals surface area contributed by atoms with Crippen LogP contribution in [0.3, 0.4) is 0 Å². The Bertz CT molecular complexity index is 1350. The van der Waals surface area contributed by atoms with E-state index < -0.39 is 28.5 Å². The summed E-state index contributed by atoms with van der Waals surface area (Å²) in [5, 5.41) is 13.7. The van der Waals surface area contributed by atoms with Crippen molar-refractivity contribution < 1.29 is 27.7 Å². The number of nitrogens with one attached hydrogen (secondary N) is 1. The zero-order valence-electron chi connectivity index (χ0n) is 17.6. The van der Waals surface area contributed by atoms with Gasteiger partial charge in [-0.05, 0) is 54.4 Å². The van der Waals surface area contributed by atoms with Crippen LogP contribution in [0, 0.1) is 17.0 Å². The van der Waals surface area contributed by atoms with E-state index in [0.29, 0.717) is 11.3 Å². The topological polar surface area (TPSA) is 92.6 Å². The molecule has 1 aliphatic heterocycles. The zero-order valence-corrected chi connectivity index (χ0v) is 17.6. The van der Waals surface area contributed by atoms with Crippen molar-refractivity contribution in [1.29, 1.82) is 0 Å². The predicted octanol–water partition coefficient (Wildman–Crippen LogP) is 5.32. The molecule has 0 saturated heterocycles. The summed E-state index contributed by atoms with van der Waals surface area (Å²) in [5.74, 6) is -1.47. The molecule has 0 fully saturated rings. The molecule has 2 amide bonds. The summed E-state index contributed by atoms with van der Waals surface area (Å²) in [5.41, 5.74) is -0.384. The summed E-state index contributed by atoms with van der Waals surface area (Å²) in [4.78, 5) is 38.1. The molecule has 0 saturated carbocycles. The van der Waals surface area contributed by atoms with Gasteiger partial charge < -0.3 is 5.32 Å². The van der Waals surface area contributed by atoms with E-state index >= 15 is 0 Å². The average molecular weight is 467 g/mol. The number of non-ortho nitro benzene ring substituents is 1. The Labute approximate surface area is 191 Å². The lowest BCUT2D eigenvalue weighted by Gasteiger charge is -2.17. The van der Waals surface area contributed by atoms with Crippen LogP contribution in [0.4, 0.5) is 30.2 Å². The normalized spacial score (nSPS) is 14.1. The molecule has 172 valence electrons. The van der Waals surface area contributed by atoms with Gasteiger partial charge in [0.05, 0.1) is 21.7 Å². The first-order chi connectivity index (χ1) is 16.1. The largest absolute Gasteiger partial charge is 0.416 e. The van der Waals surface area contributed by atoms with E-state index in [1.807, 2.05) is 0 Å². The van der Waals surface area contributed by atoms with E-state index in [-0.39, 0.29) is 28.2 Å². The van der Waals surface area contributed by atoms with Crippen molar-refractivity contribution in [2.75, 3.05) is 10.2 Å². The molecule has 4 rings (SSSR count). The first-order valence-corrected chi connectivity index (χ1v) is 9.95. The van der Waals surface area contributed by atoms with Crippen molar-refractivity contribution in [1.82, 2.24) is 0 Å². The lowest BCUT2D eigenvalue weighted by molar-refractivity contribution is -0.384. The van der Waals surface area contributed by atoms with Crippen LogP contribution < -0.4 is 10.2 Å². The van der Waals surface area contributed by atoms with Crippen LogP contribution in [0.15, 0.2) is 78.5 Å². The minimum atomic E-state index is -4.60. The number of imide groups is 1. The SMILES string of the molecule is Cc1ccccc1N1C(=O)C(Nc2cccc(C(F)(F)F)c2)=C(c2ccc([N+](=O)[O-])cc2)C1=O. The Hall–Kier alpha value is -4.47. The standard InChI is InChI=1S/C24H16F3N3O4/c1-14-5-2-3-8-19(14)29-22(31)20(15-9-11-18(12-10-15)30(33)34)21(23(29)32)28-17-7-4-6-16(13-17)24(25,26)27/h2-13,28H,1H3. The number of nitro groups is 1. The van der Waals surface area contributed by atoms with Gasteiger partial charge in [-0.25, -0.2) is 4.90 Å². The maximum atomic E-state index is 13.4. The molecular weight excluding hydrogens is 451 g/mol. The molecule has 0 atom stereocenters. The highest BCUT2D eigenvalue weighted by molar-refractivity contribution is 6.46. The van der Waals surface area contributed by atoms with Crippen LogP contribution in [0.1, 0.15) is 16.7 Å². The van der Waals surface area contributed by atoms with Crippen LogP contribution in [0.5, 0.6) is 0 Å². The summed E-state index contributed by atoms with van der Waals surface area (Å²) >= 11 is 0. The van der Waals surface area contributed by atoms with Crippen LogP contribution in [-0.4, -0.2) is 16.7 Å². The van der Waals surface area contributed by atoms with Gasteiger partial charge in [-0.1, -0.05) is 24.3 Å². The number of benzene rings is 3.